The number of carbonyl (C=O) groups is 2. The summed E-state index contributed by atoms with van der Waals surface area (Å²) in [5.74, 6) is -1.56. The molecule has 3 rings (SSSR count). The second kappa shape index (κ2) is 9.84. The summed E-state index contributed by atoms with van der Waals surface area (Å²) in [4.78, 5) is 36.6. The minimum Gasteiger partial charge on any atom is -0.378 e. The van der Waals surface area contributed by atoms with Crippen LogP contribution in [0.3, 0.4) is 0 Å². The first-order chi connectivity index (χ1) is 14.4. The summed E-state index contributed by atoms with van der Waals surface area (Å²) < 4.78 is 5.36. The van der Waals surface area contributed by atoms with Crippen molar-refractivity contribution >= 4 is 28.9 Å². The molecule has 2 aromatic rings. The predicted octanol–water partition coefficient (Wildman–Crippen LogP) is 2.04. The van der Waals surface area contributed by atoms with E-state index in [2.05, 4.69) is 15.5 Å². The van der Waals surface area contributed by atoms with E-state index < -0.39 is 16.7 Å². The van der Waals surface area contributed by atoms with E-state index in [1.807, 2.05) is 24.3 Å². The van der Waals surface area contributed by atoms with Gasteiger partial charge in [-0.25, -0.2) is 0 Å². The first-order valence-electron chi connectivity index (χ1n) is 9.70. The predicted molar refractivity (Wildman–Crippen MR) is 113 cm³/mol. The molecular formula is C21H24N4O5. The monoisotopic (exact) mass is 412 g/mol. The highest BCUT2D eigenvalue weighted by molar-refractivity contribution is 6.39. The van der Waals surface area contributed by atoms with Crippen molar-refractivity contribution in [2.45, 2.75) is 13.3 Å². The lowest BCUT2D eigenvalue weighted by Gasteiger charge is -2.28. The summed E-state index contributed by atoms with van der Waals surface area (Å²) >= 11 is 0. The van der Waals surface area contributed by atoms with Crippen LogP contribution in [-0.4, -0.2) is 49.6 Å². The number of non-ortho nitro benzene ring substituents is 1. The Morgan fingerprint density at radius 2 is 1.80 bits per heavy atom. The highest BCUT2D eigenvalue weighted by atomic mass is 16.6. The molecule has 1 fully saturated rings. The van der Waals surface area contributed by atoms with Crippen LogP contribution in [0, 0.1) is 17.0 Å². The topological polar surface area (TPSA) is 114 Å². The zero-order chi connectivity index (χ0) is 21.5. The third kappa shape index (κ3) is 5.54. The Morgan fingerprint density at radius 1 is 1.10 bits per heavy atom. The zero-order valence-corrected chi connectivity index (χ0v) is 16.7. The number of anilines is 2. The Labute approximate surface area is 174 Å². The van der Waals surface area contributed by atoms with Crippen molar-refractivity contribution in [2.75, 3.05) is 43.1 Å². The molecule has 0 aromatic heterocycles. The van der Waals surface area contributed by atoms with E-state index in [0.717, 1.165) is 37.6 Å². The van der Waals surface area contributed by atoms with Crippen LogP contribution in [0.4, 0.5) is 17.1 Å². The lowest BCUT2D eigenvalue weighted by atomic mass is 10.1. The van der Waals surface area contributed by atoms with Crippen LogP contribution in [-0.2, 0) is 20.7 Å². The fourth-order valence-electron chi connectivity index (χ4n) is 3.18. The van der Waals surface area contributed by atoms with Crippen molar-refractivity contribution < 1.29 is 19.2 Å². The number of nitrogens with one attached hydrogen (secondary N) is 2. The average Bonchev–Trinajstić information content (AvgIpc) is 2.76. The number of hydrogen-bond acceptors (Lipinski definition) is 6. The standard InChI is InChI=1S/C21H24N4O5/c1-15-14-18(25(28)29)6-7-19(15)23-21(27)20(26)22-9-8-16-2-4-17(5-3-16)24-10-12-30-13-11-24/h2-7,14H,8-13H2,1H3,(H,22,26)(H,23,27). The SMILES string of the molecule is Cc1cc([N+](=O)[O-])ccc1NC(=O)C(=O)NCCc1ccc(N2CCOCC2)cc1. The van der Waals surface area contributed by atoms with Crippen molar-refractivity contribution in [3.8, 4) is 0 Å². The van der Waals surface area contributed by atoms with Crippen LogP contribution in [0.5, 0.6) is 0 Å². The van der Waals surface area contributed by atoms with Gasteiger partial charge in [0.2, 0.25) is 0 Å². The number of benzene rings is 2. The smallest absolute Gasteiger partial charge is 0.313 e. The first kappa shape index (κ1) is 21.3. The second-order valence-corrected chi connectivity index (χ2v) is 6.98. The third-order valence-corrected chi connectivity index (χ3v) is 4.89. The van der Waals surface area contributed by atoms with Crippen molar-refractivity contribution in [2.24, 2.45) is 0 Å². The van der Waals surface area contributed by atoms with Gasteiger partial charge in [0.25, 0.3) is 5.69 Å². The molecule has 0 saturated carbocycles. The van der Waals surface area contributed by atoms with Crippen LogP contribution in [0.15, 0.2) is 42.5 Å². The van der Waals surface area contributed by atoms with Crippen LogP contribution in [0.25, 0.3) is 0 Å². The first-order valence-corrected chi connectivity index (χ1v) is 9.70. The van der Waals surface area contributed by atoms with Gasteiger partial charge in [0, 0.05) is 43.1 Å². The fraction of sp³-hybridized carbons (Fsp3) is 0.333. The molecule has 0 atom stereocenters. The van der Waals surface area contributed by atoms with E-state index >= 15 is 0 Å². The third-order valence-electron chi connectivity index (χ3n) is 4.89. The lowest BCUT2D eigenvalue weighted by Crippen LogP contribution is -2.36. The molecule has 1 heterocycles. The molecule has 0 unspecified atom stereocenters. The maximum absolute atomic E-state index is 12.1. The van der Waals surface area contributed by atoms with Crippen LogP contribution in [0.1, 0.15) is 11.1 Å². The highest BCUT2D eigenvalue weighted by Crippen LogP contribution is 2.21. The Balaban J connectivity index is 1.46. The van der Waals surface area contributed by atoms with Crippen LogP contribution >= 0.6 is 0 Å². The number of morpholine rings is 1. The van der Waals surface area contributed by atoms with E-state index in [4.69, 9.17) is 4.74 Å². The van der Waals surface area contributed by atoms with E-state index in [9.17, 15) is 19.7 Å². The summed E-state index contributed by atoms with van der Waals surface area (Å²) in [5.41, 5.74) is 2.99. The molecule has 2 amide bonds. The normalized spacial score (nSPS) is 13.6. The summed E-state index contributed by atoms with van der Waals surface area (Å²) in [5, 5.41) is 15.8. The quantitative estimate of drug-likeness (QED) is 0.426. The summed E-state index contributed by atoms with van der Waals surface area (Å²) in [6.07, 6.45) is 0.596. The van der Waals surface area contributed by atoms with Gasteiger partial charge < -0.3 is 20.3 Å². The molecule has 2 N–H and O–H groups in total. The lowest BCUT2D eigenvalue weighted by molar-refractivity contribution is -0.384. The van der Waals surface area contributed by atoms with Crippen molar-refractivity contribution in [3.63, 3.8) is 0 Å². The number of nitro benzene ring substituents is 1. The summed E-state index contributed by atoms with van der Waals surface area (Å²) in [6.45, 7) is 5.16. The van der Waals surface area contributed by atoms with E-state index in [0.29, 0.717) is 24.2 Å². The maximum Gasteiger partial charge on any atom is 0.313 e. The molecule has 0 spiro atoms. The van der Waals surface area contributed by atoms with E-state index in [-0.39, 0.29) is 5.69 Å². The van der Waals surface area contributed by atoms with Gasteiger partial charge in [-0.05, 0) is 42.7 Å². The van der Waals surface area contributed by atoms with Gasteiger partial charge in [-0.3, -0.25) is 19.7 Å². The van der Waals surface area contributed by atoms with Gasteiger partial charge >= 0.3 is 11.8 Å². The van der Waals surface area contributed by atoms with Gasteiger partial charge in [-0.15, -0.1) is 0 Å². The van der Waals surface area contributed by atoms with Crippen LogP contribution < -0.4 is 15.5 Å². The van der Waals surface area contributed by atoms with Gasteiger partial charge in [-0.2, -0.15) is 0 Å². The van der Waals surface area contributed by atoms with Gasteiger partial charge in [0.15, 0.2) is 0 Å². The number of carbonyl (C=O) groups excluding carboxylic acids is 2. The summed E-state index contributed by atoms with van der Waals surface area (Å²) in [6, 6.07) is 12.2. The number of nitro groups is 1. The Bertz CT molecular complexity index is 923. The zero-order valence-electron chi connectivity index (χ0n) is 16.7. The van der Waals surface area contributed by atoms with Gasteiger partial charge in [-0.1, -0.05) is 12.1 Å². The van der Waals surface area contributed by atoms with Crippen molar-refractivity contribution in [3.05, 3.63) is 63.7 Å². The second-order valence-electron chi connectivity index (χ2n) is 6.98. The maximum atomic E-state index is 12.1. The minimum absolute atomic E-state index is 0.0745. The summed E-state index contributed by atoms with van der Waals surface area (Å²) in [7, 11) is 0. The van der Waals surface area contributed by atoms with Gasteiger partial charge in [0.05, 0.1) is 18.1 Å². The molecule has 9 heteroatoms. The molecule has 0 bridgehead atoms. The molecule has 0 radical (unpaired) electrons. The number of amides is 2. The molecule has 1 saturated heterocycles. The number of aryl methyl sites for hydroxylation is 1. The number of hydrogen-bond donors (Lipinski definition) is 2. The van der Waals surface area contributed by atoms with Gasteiger partial charge in [0.1, 0.15) is 0 Å². The van der Waals surface area contributed by atoms with E-state index in [1.54, 1.807) is 6.92 Å². The number of ether oxygens (including phenoxy) is 1. The molecule has 2 aromatic carbocycles. The molecule has 0 aliphatic carbocycles. The Kier molecular flexibility index (Phi) is 6.97. The molecule has 158 valence electrons. The molecule has 30 heavy (non-hydrogen) atoms. The molecule has 1 aliphatic heterocycles. The largest absolute Gasteiger partial charge is 0.378 e. The number of nitrogens with zero attached hydrogens (tertiary/aromatic N) is 2. The fourth-order valence-corrected chi connectivity index (χ4v) is 3.18. The minimum atomic E-state index is -0.811. The van der Waals surface area contributed by atoms with Crippen LogP contribution in [0.2, 0.25) is 0 Å². The molecule has 1 aliphatic rings. The van der Waals surface area contributed by atoms with E-state index in [1.165, 1.54) is 18.2 Å². The Morgan fingerprint density at radius 3 is 2.43 bits per heavy atom. The molecular weight excluding hydrogens is 388 g/mol. The average molecular weight is 412 g/mol. The van der Waals surface area contributed by atoms with Crippen molar-refractivity contribution in [1.29, 1.82) is 0 Å². The highest BCUT2D eigenvalue weighted by Gasteiger charge is 2.16. The Hall–Kier alpha value is -3.46. The van der Waals surface area contributed by atoms with Crippen molar-refractivity contribution in [1.82, 2.24) is 5.32 Å². The number of rotatable bonds is 6. The molecule has 9 nitrogen and oxygen atoms in total.